The van der Waals surface area contributed by atoms with Crippen LogP contribution in [0.5, 0.6) is 0 Å². The zero-order valence-electron chi connectivity index (χ0n) is 9.58. The van der Waals surface area contributed by atoms with E-state index in [-0.39, 0.29) is 0 Å². The number of aryl methyl sites for hydroxylation is 2. The van der Waals surface area contributed by atoms with Crippen LogP contribution in [-0.4, -0.2) is 36.9 Å². The highest BCUT2D eigenvalue weighted by Gasteiger charge is 2.08. The lowest BCUT2D eigenvalue weighted by molar-refractivity contribution is 0.305. The number of nitrogens with zero attached hydrogens (tertiary/aromatic N) is 6. The highest BCUT2D eigenvalue weighted by atomic mass is 32.1. The first kappa shape index (κ1) is 11.2. The van der Waals surface area contributed by atoms with Gasteiger partial charge in [0.05, 0.1) is 13.1 Å². The summed E-state index contributed by atoms with van der Waals surface area (Å²) < 4.78 is 1.92. The normalized spacial score (nSPS) is 11.2. The van der Waals surface area contributed by atoms with Crippen molar-refractivity contribution in [2.24, 2.45) is 7.05 Å². The van der Waals surface area contributed by atoms with Crippen molar-refractivity contribution in [1.29, 1.82) is 0 Å². The van der Waals surface area contributed by atoms with Gasteiger partial charge in [-0.25, -0.2) is 0 Å². The molecule has 0 radical (unpaired) electrons. The fourth-order valence-electron chi connectivity index (χ4n) is 1.38. The van der Waals surface area contributed by atoms with Crippen LogP contribution in [0, 0.1) is 6.92 Å². The quantitative estimate of drug-likeness (QED) is 0.781. The van der Waals surface area contributed by atoms with E-state index in [4.69, 9.17) is 0 Å². The average molecular weight is 238 g/mol. The molecule has 0 aromatic carbocycles. The minimum absolute atomic E-state index is 0.759. The lowest BCUT2D eigenvalue weighted by atomic mass is 10.5. The summed E-state index contributed by atoms with van der Waals surface area (Å²) in [5.41, 5.74) is 0. The van der Waals surface area contributed by atoms with Crippen LogP contribution in [0.15, 0.2) is 6.33 Å². The molecule has 0 aliphatic carbocycles. The molecule has 2 aromatic rings. The Bertz CT molecular complexity index is 462. The second kappa shape index (κ2) is 4.67. The zero-order chi connectivity index (χ0) is 11.5. The Kier molecular flexibility index (Phi) is 3.25. The molecular formula is C9H14N6S. The highest BCUT2D eigenvalue weighted by molar-refractivity contribution is 7.11. The third-order valence-electron chi connectivity index (χ3n) is 2.19. The molecule has 0 saturated heterocycles. The number of hydrogen-bond acceptors (Lipinski definition) is 6. The van der Waals surface area contributed by atoms with Gasteiger partial charge in [-0.1, -0.05) is 0 Å². The van der Waals surface area contributed by atoms with Gasteiger partial charge in [0.25, 0.3) is 0 Å². The Hall–Kier alpha value is -1.34. The molecule has 0 aliphatic heterocycles. The Labute approximate surface area is 97.9 Å². The van der Waals surface area contributed by atoms with E-state index in [0.29, 0.717) is 0 Å². The Morgan fingerprint density at radius 3 is 2.69 bits per heavy atom. The lowest BCUT2D eigenvalue weighted by Gasteiger charge is -2.13. The molecule has 86 valence electrons. The zero-order valence-corrected chi connectivity index (χ0v) is 10.4. The van der Waals surface area contributed by atoms with Crippen LogP contribution in [0.25, 0.3) is 0 Å². The monoisotopic (exact) mass is 238 g/mol. The fraction of sp³-hybridized carbons (Fsp3) is 0.556. The van der Waals surface area contributed by atoms with Gasteiger partial charge in [0.2, 0.25) is 0 Å². The van der Waals surface area contributed by atoms with E-state index >= 15 is 0 Å². The van der Waals surface area contributed by atoms with E-state index in [1.807, 2.05) is 25.6 Å². The molecule has 6 nitrogen and oxygen atoms in total. The molecule has 0 atom stereocenters. The largest absolute Gasteiger partial charge is 0.320 e. The standard InChI is InChI=1S/C9H14N6S/c1-7-11-13-9(16-7)5-14(2)4-8-12-10-6-15(8)3/h6H,4-5H2,1-3H3. The molecule has 0 fully saturated rings. The summed E-state index contributed by atoms with van der Waals surface area (Å²) in [6.07, 6.45) is 1.71. The molecule has 2 heterocycles. The summed E-state index contributed by atoms with van der Waals surface area (Å²) in [6.45, 7) is 3.51. The molecule has 0 saturated carbocycles. The average Bonchev–Trinajstić information content (AvgIpc) is 2.77. The molecule has 0 aliphatic rings. The SMILES string of the molecule is Cc1nnc(CN(C)Cc2nncn2C)s1. The van der Waals surface area contributed by atoms with E-state index in [1.54, 1.807) is 17.7 Å². The second-order valence-electron chi connectivity index (χ2n) is 3.75. The van der Waals surface area contributed by atoms with Crippen molar-refractivity contribution in [3.05, 3.63) is 22.2 Å². The third kappa shape index (κ3) is 2.61. The van der Waals surface area contributed by atoms with Gasteiger partial charge in [0.15, 0.2) is 0 Å². The van der Waals surface area contributed by atoms with Crippen molar-refractivity contribution >= 4 is 11.3 Å². The molecule has 0 N–H and O–H groups in total. The molecular weight excluding hydrogens is 224 g/mol. The van der Waals surface area contributed by atoms with E-state index < -0.39 is 0 Å². The van der Waals surface area contributed by atoms with Gasteiger partial charge < -0.3 is 4.57 Å². The molecule has 2 rings (SSSR count). The van der Waals surface area contributed by atoms with Crippen LogP contribution in [0.1, 0.15) is 15.8 Å². The number of hydrogen-bond donors (Lipinski definition) is 0. The predicted molar refractivity (Wildman–Crippen MR) is 60.8 cm³/mol. The smallest absolute Gasteiger partial charge is 0.146 e. The van der Waals surface area contributed by atoms with Gasteiger partial charge in [-0.15, -0.1) is 31.7 Å². The maximum Gasteiger partial charge on any atom is 0.146 e. The van der Waals surface area contributed by atoms with Crippen molar-refractivity contribution in [3.63, 3.8) is 0 Å². The fourth-order valence-corrected chi connectivity index (χ4v) is 2.17. The van der Waals surface area contributed by atoms with E-state index in [9.17, 15) is 0 Å². The van der Waals surface area contributed by atoms with Crippen molar-refractivity contribution in [2.75, 3.05) is 7.05 Å². The van der Waals surface area contributed by atoms with Gasteiger partial charge in [0, 0.05) is 7.05 Å². The lowest BCUT2D eigenvalue weighted by Crippen LogP contribution is -2.19. The summed E-state index contributed by atoms with van der Waals surface area (Å²) in [7, 11) is 3.98. The first-order valence-electron chi connectivity index (χ1n) is 4.95. The van der Waals surface area contributed by atoms with E-state index in [1.165, 1.54) is 0 Å². The molecule has 0 amide bonds. The summed E-state index contributed by atoms with van der Waals surface area (Å²) >= 11 is 1.63. The van der Waals surface area contributed by atoms with E-state index in [0.717, 1.165) is 28.9 Å². The predicted octanol–water partition coefficient (Wildman–Crippen LogP) is 0.607. The summed E-state index contributed by atoms with van der Waals surface area (Å²) in [4.78, 5) is 2.14. The second-order valence-corrected chi connectivity index (χ2v) is 5.01. The Balaban J connectivity index is 1.94. The topological polar surface area (TPSA) is 59.7 Å². The van der Waals surface area contributed by atoms with Crippen LogP contribution in [0.2, 0.25) is 0 Å². The van der Waals surface area contributed by atoms with Gasteiger partial charge in [-0.2, -0.15) is 0 Å². The van der Waals surface area contributed by atoms with Crippen molar-refractivity contribution in [1.82, 2.24) is 29.9 Å². The summed E-state index contributed by atoms with van der Waals surface area (Å²) in [6, 6.07) is 0. The third-order valence-corrected chi connectivity index (χ3v) is 3.01. The molecule has 2 aromatic heterocycles. The maximum atomic E-state index is 4.09. The van der Waals surface area contributed by atoms with Crippen LogP contribution in [0.4, 0.5) is 0 Å². The minimum atomic E-state index is 0.759. The van der Waals surface area contributed by atoms with Gasteiger partial charge in [-0.3, -0.25) is 4.90 Å². The van der Waals surface area contributed by atoms with Crippen molar-refractivity contribution in [3.8, 4) is 0 Å². The van der Waals surface area contributed by atoms with Crippen LogP contribution in [-0.2, 0) is 20.1 Å². The minimum Gasteiger partial charge on any atom is -0.320 e. The van der Waals surface area contributed by atoms with E-state index in [2.05, 4.69) is 25.3 Å². The first-order valence-corrected chi connectivity index (χ1v) is 5.77. The van der Waals surface area contributed by atoms with Crippen LogP contribution < -0.4 is 0 Å². The van der Waals surface area contributed by atoms with Crippen molar-refractivity contribution < 1.29 is 0 Å². The summed E-state index contributed by atoms with van der Waals surface area (Å²) in [5, 5.41) is 18.0. The van der Waals surface area contributed by atoms with Gasteiger partial charge >= 0.3 is 0 Å². The van der Waals surface area contributed by atoms with Gasteiger partial charge in [0.1, 0.15) is 22.2 Å². The first-order chi connectivity index (χ1) is 7.65. The molecule has 16 heavy (non-hydrogen) atoms. The van der Waals surface area contributed by atoms with Crippen LogP contribution >= 0.6 is 11.3 Å². The Morgan fingerprint density at radius 1 is 1.31 bits per heavy atom. The summed E-state index contributed by atoms with van der Waals surface area (Å²) in [5.74, 6) is 0.948. The molecule has 0 bridgehead atoms. The Morgan fingerprint density at radius 2 is 2.12 bits per heavy atom. The number of rotatable bonds is 4. The molecule has 0 unspecified atom stereocenters. The molecule has 7 heteroatoms. The van der Waals surface area contributed by atoms with Crippen LogP contribution in [0.3, 0.4) is 0 Å². The van der Waals surface area contributed by atoms with Gasteiger partial charge in [-0.05, 0) is 14.0 Å². The number of aromatic nitrogens is 5. The maximum absolute atomic E-state index is 4.09. The van der Waals surface area contributed by atoms with Crippen molar-refractivity contribution in [2.45, 2.75) is 20.0 Å². The molecule has 0 spiro atoms. The highest BCUT2D eigenvalue weighted by Crippen LogP contribution is 2.11.